The molecule has 1 aromatic carbocycles. The second-order valence-electron chi connectivity index (χ2n) is 6.02. The molecular weight excluding hydrogens is 243 g/mol. The van der Waals surface area contributed by atoms with Crippen LogP contribution in [0.1, 0.15) is 54.1 Å². The van der Waals surface area contributed by atoms with Crippen LogP contribution in [-0.4, -0.2) is 15.2 Å². The van der Waals surface area contributed by atoms with Gasteiger partial charge in [0.15, 0.2) is 0 Å². The van der Waals surface area contributed by atoms with Crippen molar-refractivity contribution >= 4 is 15.2 Å². The summed E-state index contributed by atoms with van der Waals surface area (Å²) in [5.41, 5.74) is 2.98. The Balaban J connectivity index is 0. The minimum atomic E-state index is 0. The standard InChI is InChI=1S/C10H14.2C4H9.Al.H/c1-3-9-7-5-6-8-10(9)4-2;2*1-4(2)3;;/h5-8H,3-4H2,1-2H3;2*4H,1H2,2-3H3;;/q;;;+1;-1. The van der Waals surface area contributed by atoms with E-state index in [4.69, 9.17) is 0 Å². The fourth-order valence-electron chi connectivity index (χ4n) is 2.01. The van der Waals surface area contributed by atoms with Crippen molar-refractivity contribution in [3.05, 3.63) is 35.4 Å². The van der Waals surface area contributed by atoms with Gasteiger partial charge in [-0.15, -0.1) is 0 Å². The van der Waals surface area contributed by atoms with Crippen LogP contribution in [0.3, 0.4) is 0 Å². The third kappa shape index (κ3) is 10.2. The molecule has 0 spiro atoms. The summed E-state index contributed by atoms with van der Waals surface area (Å²) in [6.07, 6.45) is 2.31. The van der Waals surface area contributed by atoms with Gasteiger partial charge in [-0.3, -0.25) is 0 Å². The first-order chi connectivity index (χ1) is 9.01. The Bertz CT molecular complexity index is 290. The van der Waals surface area contributed by atoms with Crippen LogP contribution in [0.5, 0.6) is 0 Å². The third-order valence-electron chi connectivity index (χ3n) is 3.16. The van der Waals surface area contributed by atoms with Crippen molar-refractivity contribution in [2.45, 2.75) is 64.9 Å². The molecule has 0 fully saturated rings. The maximum absolute atomic E-state index is 2.31. The Kier molecular flexibility index (Phi) is 11.4. The molecule has 1 rings (SSSR count). The number of rotatable bonds is 6. The topological polar surface area (TPSA) is 0 Å². The first-order valence-corrected chi connectivity index (χ1v) is 9.52. The van der Waals surface area contributed by atoms with Crippen LogP contribution in [0.4, 0.5) is 0 Å². The zero-order valence-electron chi connectivity index (χ0n) is 14.9. The first-order valence-electron chi connectivity index (χ1n) is 7.89. The Morgan fingerprint density at radius 3 is 1.47 bits per heavy atom. The van der Waals surface area contributed by atoms with Crippen molar-refractivity contribution in [3.63, 3.8) is 0 Å². The van der Waals surface area contributed by atoms with E-state index in [0.717, 1.165) is 39.9 Å². The van der Waals surface area contributed by atoms with Crippen molar-refractivity contribution in [2.75, 3.05) is 0 Å². The zero-order chi connectivity index (χ0) is 14.7. The maximum Gasteiger partial charge on any atom is -0.0305 e. The minimum Gasteiger partial charge on any atom is -1.00 e. The Morgan fingerprint density at radius 2 is 1.21 bits per heavy atom. The Morgan fingerprint density at radius 1 is 0.842 bits per heavy atom. The van der Waals surface area contributed by atoms with Crippen LogP contribution in [0, 0.1) is 11.8 Å². The molecule has 0 N–H and O–H groups in total. The van der Waals surface area contributed by atoms with Crippen molar-refractivity contribution in [1.82, 2.24) is 0 Å². The van der Waals surface area contributed by atoms with Crippen molar-refractivity contribution in [3.8, 4) is 0 Å². The van der Waals surface area contributed by atoms with E-state index < -0.39 is 0 Å². The summed E-state index contributed by atoms with van der Waals surface area (Å²) in [5.74, 6) is 1.86. The van der Waals surface area contributed by atoms with E-state index in [2.05, 4.69) is 65.8 Å². The van der Waals surface area contributed by atoms with Gasteiger partial charge in [-0.1, -0.05) is 38.1 Å². The average molecular weight is 276 g/mol. The molecule has 108 valence electrons. The SMILES string of the molecule is CC(C)[CH2][Al+][CH2]C(C)C.CCc1ccccc1CC.[H-]. The minimum absolute atomic E-state index is 0. The monoisotopic (exact) mass is 276 g/mol. The molecule has 0 nitrogen and oxygen atoms in total. The molecule has 0 aromatic heterocycles. The molecule has 0 bridgehead atoms. The van der Waals surface area contributed by atoms with E-state index in [9.17, 15) is 0 Å². The molecule has 0 radical (unpaired) electrons. The van der Waals surface area contributed by atoms with Gasteiger partial charge in [0.2, 0.25) is 0 Å². The Labute approximate surface area is 129 Å². The molecule has 0 unspecified atom stereocenters. The van der Waals surface area contributed by atoms with Crippen LogP contribution >= 0.6 is 0 Å². The number of benzene rings is 1. The molecule has 0 aliphatic carbocycles. The normalized spacial score (nSPS) is 10.1. The molecule has 19 heavy (non-hydrogen) atoms. The van der Waals surface area contributed by atoms with E-state index in [-0.39, 0.29) is 1.43 Å². The smallest absolute Gasteiger partial charge is 0.0305 e. The van der Waals surface area contributed by atoms with Crippen molar-refractivity contribution in [2.24, 2.45) is 11.8 Å². The summed E-state index contributed by atoms with van der Waals surface area (Å²) in [6.45, 7) is 13.7. The molecular formula is C18H33Al. The zero-order valence-corrected chi connectivity index (χ0v) is 15.0. The van der Waals surface area contributed by atoms with Gasteiger partial charge in [-0.25, -0.2) is 0 Å². The van der Waals surface area contributed by atoms with Crippen LogP contribution in [0.2, 0.25) is 10.6 Å². The van der Waals surface area contributed by atoms with Crippen LogP contribution in [0.15, 0.2) is 24.3 Å². The predicted octanol–water partition coefficient (Wildman–Crippen LogP) is 5.76. The Hall–Kier alpha value is -0.248. The predicted molar refractivity (Wildman–Crippen MR) is 91.4 cm³/mol. The van der Waals surface area contributed by atoms with E-state index >= 15 is 0 Å². The van der Waals surface area contributed by atoms with Gasteiger partial charge in [0.25, 0.3) is 0 Å². The van der Waals surface area contributed by atoms with E-state index in [0.29, 0.717) is 0 Å². The van der Waals surface area contributed by atoms with Gasteiger partial charge in [0.1, 0.15) is 0 Å². The van der Waals surface area contributed by atoms with E-state index in [1.165, 1.54) is 21.7 Å². The van der Waals surface area contributed by atoms with Crippen LogP contribution in [0.25, 0.3) is 0 Å². The van der Waals surface area contributed by atoms with Gasteiger partial charge in [-0.05, 0) is 24.0 Å². The van der Waals surface area contributed by atoms with Gasteiger partial charge in [0.05, 0.1) is 0 Å². The molecule has 0 aliphatic rings. The molecule has 0 heterocycles. The van der Waals surface area contributed by atoms with Gasteiger partial charge in [-0.2, -0.15) is 0 Å². The number of hydrogen-bond acceptors (Lipinski definition) is 0. The molecule has 1 heteroatoms. The maximum atomic E-state index is 2.31. The fourth-order valence-corrected chi connectivity index (χ4v) is 3.54. The molecule has 0 saturated carbocycles. The fraction of sp³-hybridized carbons (Fsp3) is 0.667. The largest absolute Gasteiger partial charge is 1.00 e. The first kappa shape index (κ1) is 18.8. The van der Waals surface area contributed by atoms with Crippen molar-refractivity contribution in [1.29, 1.82) is 0 Å². The second kappa shape index (κ2) is 11.6. The molecule has 1 aromatic rings. The number of hydrogen-bond donors (Lipinski definition) is 0. The van der Waals surface area contributed by atoms with Crippen LogP contribution < -0.4 is 0 Å². The van der Waals surface area contributed by atoms with Gasteiger partial charge in [0, 0.05) is 0 Å². The molecule has 0 aliphatic heterocycles. The van der Waals surface area contributed by atoms with E-state index in [1.54, 1.807) is 0 Å². The van der Waals surface area contributed by atoms with Crippen LogP contribution in [-0.2, 0) is 12.8 Å². The summed E-state index contributed by atoms with van der Waals surface area (Å²) in [7, 11) is 0. The van der Waals surface area contributed by atoms with Gasteiger partial charge < -0.3 is 1.43 Å². The quantitative estimate of drug-likeness (QED) is 0.579. The molecule has 0 saturated heterocycles. The molecule has 0 atom stereocenters. The summed E-state index contributed by atoms with van der Waals surface area (Å²) in [4.78, 5) is 0. The molecule has 0 amide bonds. The average Bonchev–Trinajstić information content (AvgIpc) is 2.38. The van der Waals surface area contributed by atoms with Crippen molar-refractivity contribution < 1.29 is 1.43 Å². The van der Waals surface area contributed by atoms with E-state index in [1.807, 2.05) is 0 Å². The summed E-state index contributed by atoms with van der Waals surface area (Å²) < 4.78 is 0. The summed E-state index contributed by atoms with van der Waals surface area (Å²) in [6, 6.07) is 8.63. The third-order valence-corrected chi connectivity index (χ3v) is 5.71. The summed E-state index contributed by atoms with van der Waals surface area (Å²) >= 11 is 0.755. The summed E-state index contributed by atoms with van der Waals surface area (Å²) in [5, 5.41) is 2.97. The number of aryl methyl sites for hydroxylation is 2. The van der Waals surface area contributed by atoms with Gasteiger partial charge >= 0.3 is 65.3 Å². The second-order valence-corrected chi connectivity index (χ2v) is 7.54.